The molecular formula is C20H34O3. The lowest BCUT2D eigenvalue weighted by Gasteiger charge is -2.13. The maximum atomic E-state index is 11.9. The van der Waals surface area contributed by atoms with E-state index in [1.807, 2.05) is 6.92 Å². The van der Waals surface area contributed by atoms with Gasteiger partial charge in [-0.15, -0.1) is 11.8 Å². The summed E-state index contributed by atoms with van der Waals surface area (Å²) in [5.41, 5.74) is 0. The van der Waals surface area contributed by atoms with Crippen molar-refractivity contribution in [1.82, 2.24) is 0 Å². The van der Waals surface area contributed by atoms with E-state index in [9.17, 15) is 9.59 Å². The fourth-order valence-electron chi connectivity index (χ4n) is 2.89. The summed E-state index contributed by atoms with van der Waals surface area (Å²) in [5.74, 6) is 6.36. The lowest BCUT2D eigenvalue weighted by atomic mass is 9.92. The third-order valence-electron chi connectivity index (χ3n) is 4.43. The number of hydrogen-bond donors (Lipinski definition) is 1. The third kappa shape index (κ3) is 11.9. The van der Waals surface area contributed by atoms with Crippen LogP contribution in [0.3, 0.4) is 0 Å². The van der Waals surface area contributed by atoms with Crippen LogP contribution in [0.1, 0.15) is 85.5 Å². The molecule has 0 fully saturated rings. The second-order valence-corrected chi connectivity index (χ2v) is 6.76. The first-order valence-electron chi connectivity index (χ1n) is 9.07. The molecule has 0 aromatic heterocycles. The highest BCUT2D eigenvalue weighted by Crippen LogP contribution is 2.19. The highest BCUT2D eigenvalue weighted by atomic mass is 16.4. The minimum Gasteiger partial charge on any atom is -0.481 e. The summed E-state index contributed by atoms with van der Waals surface area (Å²) < 4.78 is 0. The molecule has 0 heterocycles. The lowest BCUT2D eigenvalue weighted by Crippen LogP contribution is -2.13. The van der Waals surface area contributed by atoms with Gasteiger partial charge in [0.2, 0.25) is 0 Å². The first kappa shape index (κ1) is 21.7. The Labute approximate surface area is 142 Å². The van der Waals surface area contributed by atoms with Crippen molar-refractivity contribution in [2.24, 2.45) is 17.8 Å². The van der Waals surface area contributed by atoms with Gasteiger partial charge in [-0.1, -0.05) is 33.6 Å². The number of aliphatic carboxylic acids is 1. The molecule has 0 amide bonds. The van der Waals surface area contributed by atoms with Gasteiger partial charge in [0.1, 0.15) is 5.78 Å². The monoisotopic (exact) mass is 322 g/mol. The fraction of sp³-hybridized carbons (Fsp3) is 0.800. The van der Waals surface area contributed by atoms with Crippen molar-refractivity contribution in [3.63, 3.8) is 0 Å². The van der Waals surface area contributed by atoms with Gasteiger partial charge in [-0.25, -0.2) is 0 Å². The number of rotatable bonds is 13. The zero-order valence-corrected chi connectivity index (χ0v) is 15.4. The van der Waals surface area contributed by atoms with E-state index in [1.54, 1.807) is 6.92 Å². The van der Waals surface area contributed by atoms with Crippen LogP contribution >= 0.6 is 0 Å². The van der Waals surface area contributed by atoms with Crippen LogP contribution in [0.2, 0.25) is 0 Å². The standard InChI is InChI=1S/C20H34O3/c1-5-10-18(6-2)12-9-14-19(21)13-8-7-11-16(3)15-17(4)20(22)23/h16-18H,6-9,11-15H2,1-4H3,(H,22,23)/t16-,17+,18+/m1/s1. The molecule has 132 valence electrons. The predicted octanol–water partition coefficient (Wildman–Crippen LogP) is 5.08. The quantitative estimate of drug-likeness (QED) is 0.380. The summed E-state index contributed by atoms with van der Waals surface area (Å²) in [6.45, 7) is 7.87. The van der Waals surface area contributed by atoms with Gasteiger partial charge in [-0.2, -0.15) is 0 Å². The van der Waals surface area contributed by atoms with E-state index >= 15 is 0 Å². The van der Waals surface area contributed by atoms with Gasteiger partial charge < -0.3 is 5.11 Å². The zero-order valence-electron chi connectivity index (χ0n) is 15.4. The highest BCUT2D eigenvalue weighted by Gasteiger charge is 2.15. The highest BCUT2D eigenvalue weighted by molar-refractivity contribution is 5.78. The van der Waals surface area contributed by atoms with E-state index in [0.29, 0.717) is 30.5 Å². The molecule has 0 aromatic rings. The van der Waals surface area contributed by atoms with Crippen LogP contribution in [0.4, 0.5) is 0 Å². The van der Waals surface area contributed by atoms with E-state index in [0.717, 1.165) is 44.9 Å². The van der Waals surface area contributed by atoms with Gasteiger partial charge in [-0.3, -0.25) is 9.59 Å². The minimum absolute atomic E-state index is 0.274. The smallest absolute Gasteiger partial charge is 0.306 e. The molecule has 3 atom stereocenters. The van der Waals surface area contributed by atoms with E-state index in [4.69, 9.17) is 5.11 Å². The summed E-state index contributed by atoms with van der Waals surface area (Å²) >= 11 is 0. The molecule has 0 aromatic carbocycles. The van der Waals surface area contributed by atoms with E-state index in [2.05, 4.69) is 25.7 Å². The summed E-state index contributed by atoms with van der Waals surface area (Å²) in [7, 11) is 0. The Morgan fingerprint density at radius 3 is 2.26 bits per heavy atom. The Bertz CT molecular complexity index is 403. The summed E-state index contributed by atoms with van der Waals surface area (Å²) in [4.78, 5) is 22.7. The molecular weight excluding hydrogens is 288 g/mol. The largest absolute Gasteiger partial charge is 0.481 e. The Morgan fingerprint density at radius 1 is 1.04 bits per heavy atom. The zero-order chi connectivity index (χ0) is 17.7. The van der Waals surface area contributed by atoms with Crippen LogP contribution in [0.15, 0.2) is 0 Å². The van der Waals surface area contributed by atoms with Gasteiger partial charge in [0.25, 0.3) is 0 Å². The summed E-state index contributed by atoms with van der Waals surface area (Å²) in [6, 6.07) is 0. The first-order valence-corrected chi connectivity index (χ1v) is 9.07. The first-order chi connectivity index (χ1) is 10.9. The number of Topliss-reactive ketones (excluding diaryl/α,β-unsaturated/α-hetero) is 1. The molecule has 0 unspecified atom stereocenters. The number of carbonyl (C=O) groups is 2. The van der Waals surface area contributed by atoms with Gasteiger partial charge in [0.15, 0.2) is 0 Å². The van der Waals surface area contributed by atoms with Crippen LogP contribution in [-0.2, 0) is 9.59 Å². The van der Waals surface area contributed by atoms with Crippen molar-refractivity contribution in [3.05, 3.63) is 0 Å². The SMILES string of the molecule is CC#C[C@H](CC)CCCC(=O)CCCC[C@@H](C)C[C@H](C)C(=O)O. The Morgan fingerprint density at radius 2 is 1.70 bits per heavy atom. The molecule has 0 saturated carbocycles. The molecule has 0 aliphatic rings. The van der Waals surface area contributed by atoms with Gasteiger partial charge >= 0.3 is 5.97 Å². The maximum Gasteiger partial charge on any atom is 0.306 e. The van der Waals surface area contributed by atoms with Crippen LogP contribution < -0.4 is 0 Å². The van der Waals surface area contributed by atoms with Crippen molar-refractivity contribution in [3.8, 4) is 11.8 Å². The number of hydrogen-bond acceptors (Lipinski definition) is 2. The van der Waals surface area contributed by atoms with E-state index in [1.165, 1.54) is 0 Å². The number of ketones is 1. The van der Waals surface area contributed by atoms with Crippen LogP contribution in [0.25, 0.3) is 0 Å². The number of carboxylic acid groups (broad SMARTS) is 1. The molecule has 0 rings (SSSR count). The average molecular weight is 322 g/mol. The van der Waals surface area contributed by atoms with Crippen molar-refractivity contribution >= 4 is 11.8 Å². The third-order valence-corrected chi connectivity index (χ3v) is 4.43. The Balaban J connectivity index is 3.70. The number of carboxylic acids is 1. The van der Waals surface area contributed by atoms with Crippen LogP contribution in [-0.4, -0.2) is 16.9 Å². The molecule has 0 saturated heterocycles. The maximum absolute atomic E-state index is 11.9. The van der Waals surface area contributed by atoms with E-state index in [-0.39, 0.29) is 5.92 Å². The second kappa shape index (κ2) is 13.2. The molecule has 0 bridgehead atoms. The molecule has 3 heteroatoms. The van der Waals surface area contributed by atoms with Crippen LogP contribution in [0.5, 0.6) is 0 Å². The molecule has 0 spiro atoms. The van der Waals surface area contributed by atoms with Crippen molar-refractivity contribution in [2.45, 2.75) is 85.5 Å². The van der Waals surface area contributed by atoms with Crippen molar-refractivity contribution in [2.75, 3.05) is 0 Å². The molecule has 3 nitrogen and oxygen atoms in total. The molecule has 0 aliphatic carbocycles. The molecule has 0 radical (unpaired) electrons. The van der Waals surface area contributed by atoms with Crippen molar-refractivity contribution in [1.29, 1.82) is 0 Å². The Kier molecular flexibility index (Phi) is 12.4. The normalized spacial score (nSPS) is 14.4. The second-order valence-electron chi connectivity index (χ2n) is 6.76. The molecule has 0 aliphatic heterocycles. The van der Waals surface area contributed by atoms with Crippen LogP contribution in [0, 0.1) is 29.6 Å². The summed E-state index contributed by atoms with van der Waals surface area (Å²) in [5, 5.41) is 8.90. The van der Waals surface area contributed by atoms with Gasteiger partial charge in [-0.05, 0) is 44.9 Å². The molecule has 1 N–H and O–H groups in total. The number of unbranched alkanes of at least 4 members (excludes halogenated alkanes) is 1. The van der Waals surface area contributed by atoms with E-state index < -0.39 is 5.97 Å². The lowest BCUT2D eigenvalue weighted by molar-refractivity contribution is -0.141. The minimum atomic E-state index is -0.717. The summed E-state index contributed by atoms with van der Waals surface area (Å²) in [6.07, 6.45) is 8.03. The van der Waals surface area contributed by atoms with Gasteiger partial charge in [0, 0.05) is 18.8 Å². The fourth-order valence-corrected chi connectivity index (χ4v) is 2.89. The predicted molar refractivity (Wildman–Crippen MR) is 95.1 cm³/mol. The van der Waals surface area contributed by atoms with Gasteiger partial charge in [0.05, 0.1) is 5.92 Å². The Hall–Kier alpha value is -1.30. The average Bonchev–Trinajstić information content (AvgIpc) is 2.50. The number of carbonyl (C=O) groups excluding carboxylic acids is 1. The molecule has 23 heavy (non-hydrogen) atoms. The topological polar surface area (TPSA) is 54.4 Å². The van der Waals surface area contributed by atoms with Crippen molar-refractivity contribution < 1.29 is 14.7 Å².